The molecule has 0 amide bonds. The van der Waals surface area contributed by atoms with E-state index in [1.165, 1.54) is 50.3 Å². The molecular weight excluding hydrogens is 323 g/mol. The van der Waals surface area contributed by atoms with Gasteiger partial charge in [-0.2, -0.15) is 0 Å². The molecule has 1 aromatic carbocycles. The lowest BCUT2D eigenvalue weighted by atomic mass is 9.55. The van der Waals surface area contributed by atoms with Gasteiger partial charge in [-0.1, -0.05) is 12.1 Å². The first kappa shape index (κ1) is 16.6. The summed E-state index contributed by atoms with van der Waals surface area (Å²) in [4.78, 5) is 24.0. The Morgan fingerprint density at radius 1 is 0.920 bits per heavy atom. The lowest BCUT2D eigenvalue weighted by molar-refractivity contribution is -0.171. The van der Waals surface area contributed by atoms with Gasteiger partial charge in [-0.15, -0.1) is 0 Å². The minimum Gasteiger partial charge on any atom is -0.462 e. The standard InChI is InChI=1S/C20H23FO4/c21-16-3-1-2-4-17(16)24-18(22)5-6-19(23)25-20-14-8-12-7-13(10-14)11-15(20)9-12/h1-4,12-15,20H,5-11H2. The Morgan fingerprint density at radius 3 is 2.16 bits per heavy atom. The number of rotatable bonds is 5. The molecule has 4 bridgehead atoms. The normalized spacial score (nSPS) is 32.4. The zero-order valence-electron chi connectivity index (χ0n) is 14.2. The molecule has 4 nitrogen and oxygen atoms in total. The molecule has 0 atom stereocenters. The molecule has 25 heavy (non-hydrogen) atoms. The molecule has 4 aliphatic carbocycles. The van der Waals surface area contributed by atoms with Gasteiger partial charge < -0.3 is 9.47 Å². The van der Waals surface area contributed by atoms with Gasteiger partial charge in [-0.05, 0) is 67.9 Å². The summed E-state index contributed by atoms with van der Waals surface area (Å²) < 4.78 is 24.1. The van der Waals surface area contributed by atoms with E-state index in [0.717, 1.165) is 11.8 Å². The van der Waals surface area contributed by atoms with Crippen molar-refractivity contribution < 1.29 is 23.5 Å². The van der Waals surface area contributed by atoms with E-state index in [4.69, 9.17) is 9.47 Å². The molecule has 0 N–H and O–H groups in total. The number of para-hydroxylation sites is 1. The highest BCUT2D eigenvalue weighted by molar-refractivity contribution is 5.79. The van der Waals surface area contributed by atoms with Crippen molar-refractivity contribution in [2.45, 2.75) is 51.0 Å². The molecule has 4 aliphatic rings. The third kappa shape index (κ3) is 3.55. The second kappa shape index (κ2) is 6.77. The number of hydrogen-bond donors (Lipinski definition) is 0. The van der Waals surface area contributed by atoms with E-state index >= 15 is 0 Å². The molecule has 4 saturated carbocycles. The Hall–Kier alpha value is -1.91. The van der Waals surface area contributed by atoms with Crippen LogP contribution in [0.1, 0.15) is 44.9 Å². The quantitative estimate of drug-likeness (QED) is 0.600. The van der Waals surface area contributed by atoms with E-state index in [0.29, 0.717) is 11.8 Å². The highest BCUT2D eigenvalue weighted by Crippen LogP contribution is 2.54. The van der Waals surface area contributed by atoms with Gasteiger partial charge in [-0.25, -0.2) is 4.39 Å². The summed E-state index contributed by atoms with van der Waals surface area (Å²) in [7, 11) is 0. The molecule has 1 aromatic rings. The summed E-state index contributed by atoms with van der Waals surface area (Å²) in [5, 5.41) is 0. The molecule has 0 aromatic heterocycles. The maximum absolute atomic E-state index is 13.5. The second-order valence-corrected chi connectivity index (χ2v) is 7.79. The number of carbonyl (C=O) groups is 2. The predicted octanol–water partition coefficient (Wildman–Crippen LogP) is 3.88. The molecule has 0 spiro atoms. The molecule has 5 rings (SSSR count). The van der Waals surface area contributed by atoms with Gasteiger partial charge in [0.25, 0.3) is 0 Å². The average Bonchev–Trinajstić information content (AvgIpc) is 2.58. The van der Waals surface area contributed by atoms with Crippen molar-refractivity contribution in [3.05, 3.63) is 30.1 Å². The lowest BCUT2D eigenvalue weighted by Gasteiger charge is -2.53. The molecule has 0 saturated heterocycles. The number of halogens is 1. The van der Waals surface area contributed by atoms with Crippen LogP contribution in [0, 0.1) is 29.5 Å². The number of carbonyl (C=O) groups excluding carboxylic acids is 2. The number of ether oxygens (including phenoxy) is 2. The molecule has 0 unspecified atom stereocenters. The molecule has 134 valence electrons. The fourth-order valence-electron chi connectivity index (χ4n) is 5.18. The van der Waals surface area contributed by atoms with Gasteiger partial charge in [0.15, 0.2) is 11.6 Å². The van der Waals surface area contributed by atoms with E-state index in [1.807, 2.05) is 0 Å². The highest BCUT2D eigenvalue weighted by Gasteiger charge is 2.49. The Labute approximate surface area is 146 Å². The predicted molar refractivity (Wildman–Crippen MR) is 88.2 cm³/mol. The summed E-state index contributed by atoms with van der Waals surface area (Å²) >= 11 is 0. The summed E-state index contributed by atoms with van der Waals surface area (Å²) in [5.74, 6) is 1.00. The van der Waals surface area contributed by atoms with Gasteiger partial charge >= 0.3 is 11.9 Å². The summed E-state index contributed by atoms with van der Waals surface area (Å²) in [6.07, 6.45) is 6.00. The summed E-state index contributed by atoms with van der Waals surface area (Å²) in [5.41, 5.74) is 0. The topological polar surface area (TPSA) is 52.6 Å². The van der Waals surface area contributed by atoms with E-state index in [2.05, 4.69) is 0 Å². The van der Waals surface area contributed by atoms with Crippen molar-refractivity contribution in [3.63, 3.8) is 0 Å². The van der Waals surface area contributed by atoms with Crippen LogP contribution in [0.3, 0.4) is 0 Å². The van der Waals surface area contributed by atoms with Crippen LogP contribution in [-0.4, -0.2) is 18.0 Å². The van der Waals surface area contributed by atoms with Crippen LogP contribution in [0.15, 0.2) is 24.3 Å². The van der Waals surface area contributed by atoms with Crippen LogP contribution in [0.4, 0.5) is 4.39 Å². The minimum atomic E-state index is -0.618. The third-order valence-corrected chi connectivity index (χ3v) is 6.00. The average molecular weight is 346 g/mol. The Bertz CT molecular complexity index is 643. The van der Waals surface area contributed by atoms with Crippen molar-refractivity contribution in [2.75, 3.05) is 0 Å². The fourth-order valence-corrected chi connectivity index (χ4v) is 5.18. The Morgan fingerprint density at radius 2 is 1.52 bits per heavy atom. The maximum atomic E-state index is 13.5. The Balaban J connectivity index is 1.25. The number of benzene rings is 1. The fraction of sp³-hybridized carbons (Fsp3) is 0.600. The molecule has 0 heterocycles. The van der Waals surface area contributed by atoms with Crippen LogP contribution in [0.2, 0.25) is 0 Å². The van der Waals surface area contributed by atoms with E-state index in [-0.39, 0.29) is 30.7 Å². The first-order valence-corrected chi connectivity index (χ1v) is 9.23. The second-order valence-electron chi connectivity index (χ2n) is 7.79. The van der Waals surface area contributed by atoms with Crippen molar-refractivity contribution in [2.24, 2.45) is 23.7 Å². The molecule has 5 heteroatoms. The molecule has 0 radical (unpaired) electrons. The monoisotopic (exact) mass is 346 g/mol. The van der Waals surface area contributed by atoms with Crippen LogP contribution in [0.5, 0.6) is 5.75 Å². The third-order valence-electron chi connectivity index (χ3n) is 6.00. The van der Waals surface area contributed by atoms with Gasteiger partial charge in [0.05, 0.1) is 12.8 Å². The Kier molecular flexibility index (Phi) is 4.48. The van der Waals surface area contributed by atoms with Crippen molar-refractivity contribution in [1.82, 2.24) is 0 Å². The van der Waals surface area contributed by atoms with Crippen LogP contribution >= 0.6 is 0 Å². The van der Waals surface area contributed by atoms with Crippen LogP contribution in [-0.2, 0) is 14.3 Å². The zero-order valence-corrected chi connectivity index (χ0v) is 14.2. The van der Waals surface area contributed by atoms with Crippen LogP contribution in [0.25, 0.3) is 0 Å². The minimum absolute atomic E-state index is 0.0178. The van der Waals surface area contributed by atoms with Gasteiger partial charge in [0.1, 0.15) is 6.10 Å². The summed E-state index contributed by atoms with van der Waals surface area (Å²) in [6, 6.07) is 5.73. The SMILES string of the molecule is O=C(CCC(=O)OC1C2CC3CC(C2)CC1C3)Oc1ccccc1F. The van der Waals surface area contributed by atoms with Crippen LogP contribution < -0.4 is 4.74 Å². The van der Waals surface area contributed by atoms with E-state index in [1.54, 1.807) is 6.07 Å². The van der Waals surface area contributed by atoms with Gasteiger partial charge in [0, 0.05) is 0 Å². The van der Waals surface area contributed by atoms with Crippen molar-refractivity contribution in [1.29, 1.82) is 0 Å². The van der Waals surface area contributed by atoms with E-state index < -0.39 is 11.8 Å². The summed E-state index contributed by atoms with van der Waals surface area (Å²) in [6.45, 7) is 0. The first-order chi connectivity index (χ1) is 12.1. The zero-order chi connectivity index (χ0) is 17.4. The largest absolute Gasteiger partial charge is 0.462 e. The van der Waals surface area contributed by atoms with Crippen molar-refractivity contribution in [3.8, 4) is 5.75 Å². The number of hydrogen-bond acceptors (Lipinski definition) is 4. The molecule has 4 fully saturated rings. The first-order valence-electron chi connectivity index (χ1n) is 9.23. The van der Waals surface area contributed by atoms with Gasteiger partial charge in [-0.3, -0.25) is 9.59 Å². The maximum Gasteiger partial charge on any atom is 0.311 e. The highest BCUT2D eigenvalue weighted by atomic mass is 19.1. The van der Waals surface area contributed by atoms with E-state index in [9.17, 15) is 14.0 Å². The molecule has 0 aliphatic heterocycles. The molecular formula is C20H23FO4. The smallest absolute Gasteiger partial charge is 0.311 e. The lowest BCUT2D eigenvalue weighted by Crippen LogP contribution is -2.50. The van der Waals surface area contributed by atoms with Gasteiger partial charge in [0.2, 0.25) is 0 Å². The van der Waals surface area contributed by atoms with Crippen molar-refractivity contribution >= 4 is 11.9 Å². The number of esters is 2.